The number of para-hydroxylation sites is 1. The van der Waals surface area contributed by atoms with Gasteiger partial charge in [-0.15, -0.1) is 0 Å². The number of hydrogen-bond donors (Lipinski definition) is 1. The normalized spacial score (nSPS) is 11.0. The molecular formula is C21H23NO5. The highest BCUT2D eigenvalue weighted by Gasteiger charge is 2.16. The van der Waals surface area contributed by atoms with Crippen LogP contribution in [0.2, 0.25) is 0 Å². The fraction of sp³-hybridized carbons (Fsp3) is 0.238. The Bertz CT molecular complexity index is 786. The topological polar surface area (TPSA) is 73.9 Å². The van der Waals surface area contributed by atoms with Gasteiger partial charge < -0.3 is 19.5 Å². The van der Waals surface area contributed by atoms with E-state index in [1.807, 2.05) is 42.5 Å². The van der Waals surface area contributed by atoms with Crippen molar-refractivity contribution >= 4 is 23.5 Å². The van der Waals surface area contributed by atoms with E-state index >= 15 is 0 Å². The lowest BCUT2D eigenvalue weighted by Crippen LogP contribution is -2.31. The summed E-state index contributed by atoms with van der Waals surface area (Å²) in [5, 5.41) is 2.60. The number of ether oxygens (including phenoxy) is 3. The molecule has 0 heterocycles. The quantitative estimate of drug-likeness (QED) is 0.318. The van der Waals surface area contributed by atoms with Crippen LogP contribution in [0.3, 0.4) is 0 Å². The van der Waals surface area contributed by atoms with E-state index in [0.29, 0.717) is 30.0 Å². The van der Waals surface area contributed by atoms with E-state index in [4.69, 9.17) is 14.2 Å². The molecule has 2 aromatic rings. The zero-order chi connectivity index (χ0) is 19.5. The van der Waals surface area contributed by atoms with Crippen molar-refractivity contribution in [2.75, 3.05) is 34.0 Å². The first-order chi connectivity index (χ1) is 13.2. The molecule has 142 valence electrons. The Hall–Kier alpha value is -3.12. The number of amides is 1. The molecule has 0 aliphatic carbocycles. The Kier molecular flexibility index (Phi) is 8.06. The lowest BCUT2D eigenvalue weighted by molar-refractivity contribution is -0.142. The Morgan fingerprint density at radius 3 is 2.41 bits per heavy atom. The zero-order valence-corrected chi connectivity index (χ0v) is 15.4. The third kappa shape index (κ3) is 6.27. The molecule has 6 nitrogen and oxygen atoms in total. The van der Waals surface area contributed by atoms with E-state index in [-0.39, 0.29) is 12.5 Å². The molecule has 2 aromatic carbocycles. The minimum atomic E-state index is -0.589. The third-order valence-electron chi connectivity index (χ3n) is 3.71. The number of carbonyl (C=O) groups is 2. The maximum Gasteiger partial charge on any atom is 0.339 e. The summed E-state index contributed by atoms with van der Waals surface area (Å²) in [5.74, 6) is -0.338. The van der Waals surface area contributed by atoms with Crippen molar-refractivity contribution in [2.45, 2.75) is 0 Å². The molecule has 0 fully saturated rings. The highest BCUT2D eigenvalue weighted by Crippen LogP contribution is 2.25. The summed E-state index contributed by atoms with van der Waals surface area (Å²) in [6.45, 7) is 0.386. The van der Waals surface area contributed by atoms with E-state index in [1.165, 1.54) is 0 Å². The van der Waals surface area contributed by atoms with E-state index < -0.39 is 5.97 Å². The van der Waals surface area contributed by atoms with Gasteiger partial charge in [0.25, 0.3) is 5.91 Å². The number of carbonyl (C=O) groups excluding carboxylic acids is 2. The number of esters is 1. The van der Waals surface area contributed by atoms with Gasteiger partial charge >= 0.3 is 5.97 Å². The molecule has 0 atom stereocenters. The van der Waals surface area contributed by atoms with Gasteiger partial charge in [0.1, 0.15) is 5.75 Å². The van der Waals surface area contributed by atoms with Gasteiger partial charge in [-0.2, -0.15) is 0 Å². The van der Waals surface area contributed by atoms with Gasteiger partial charge in [-0.1, -0.05) is 48.5 Å². The minimum Gasteiger partial charge on any atom is -0.496 e. The van der Waals surface area contributed by atoms with E-state index in [9.17, 15) is 9.59 Å². The number of hydrogen-bond acceptors (Lipinski definition) is 5. The van der Waals surface area contributed by atoms with Crippen LogP contribution < -0.4 is 10.1 Å². The van der Waals surface area contributed by atoms with Crippen molar-refractivity contribution < 1.29 is 23.8 Å². The Morgan fingerprint density at radius 1 is 1.00 bits per heavy atom. The molecule has 1 amide bonds. The van der Waals surface area contributed by atoms with Crippen molar-refractivity contribution in [1.29, 1.82) is 0 Å². The molecule has 0 aliphatic heterocycles. The van der Waals surface area contributed by atoms with Gasteiger partial charge in [-0.05, 0) is 17.7 Å². The van der Waals surface area contributed by atoms with Gasteiger partial charge in [0, 0.05) is 19.2 Å². The highest BCUT2D eigenvalue weighted by atomic mass is 16.5. The summed E-state index contributed by atoms with van der Waals surface area (Å²) in [6.07, 6.45) is 1.69. The Labute approximate surface area is 158 Å². The minimum absolute atomic E-state index is 0.338. The van der Waals surface area contributed by atoms with Gasteiger partial charge in [-0.25, -0.2) is 4.79 Å². The largest absolute Gasteiger partial charge is 0.496 e. The number of benzene rings is 2. The number of methoxy groups -OCH3 is 2. The first-order valence-electron chi connectivity index (χ1n) is 8.48. The molecule has 0 spiro atoms. The summed E-state index contributed by atoms with van der Waals surface area (Å²) in [7, 11) is 3.11. The second kappa shape index (κ2) is 10.8. The van der Waals surface area contributed by atoms with Gasteiger partial charge in [0.05, 0.1) is 19.3 Å². The zero-order valence-electron chi connectivity index (χ0n) is 15.4. The van der Waals surface area contributed by atoms with E-state index in [1.54, 1.807) is 32.4 Å². The fourth-order valence-electron chi connectivity index (χ4n) is 2.37. The smallest absolute Gasteiger partial charge is 0.339 e. The summed E-state index contributed by atoms with van der Waals surface area (Å²) >= 11 is 0. The molecule has 27 heavy (non-hydrogen) atoms. The molecular weight excluding hydrogens is 346 g/mol. The average molecular weight is 369 g/mol. The van der Waals surface area contributed by atoms with Crippen molar-refractivity contribution in [2.24, 2.45) is 0 Å². The lowest BCUT2D eigenvalue weighted by atomic mass is 10.0. The molecule has 0 aliphatic rings. The Balaban J connectivity index is 2.19. The van der Waals surface area contributed by atoms with Crippen LogP contribution >= 0.6 is 0 Å². The van der Waals surface area contributed by atoms with Crippen molar-refractivity contribution in [3.8, 4) is 5.75 Å². The molecule has 2 rings (SSSR count). The second-order valence-electron chi connectivity index (χ2n) is 5.58. The van der Waals surface area contributed by atoms with E-state index in [0.717, 1.165) is 5.56 Å². The fourth-order valence-corrected chi connectivity index (χ4v) is 2.37. The average Bonchev–Trinajstić information content (AvgIpc) is 2.71. The predicted molar refractivity (Wildman–Crippen MR) is 103 cm³/mol. The summed E-state index contributed by atoms with van der Waals surface area (Å²) in [4.78, 5) is 24.4. The summed E-state index contributed by atoms with van der Waals surface area (Å²) < 4.78 is 15.4. The third-order valence-corrected chi connectivity index (χ3v) is 3.71. The lowest BCUT2D eigenvalue weighted by Gasteiger charge is -2.11. The number of rotatable bonds is 9. The molecule has 0 bridgehead atoms. The van der Waals surface area contributed by atoms with Crippen LogP contribution in [0.25, 0.3) is 11.6 Å². The SMILES string of the molecule is COCCNC(=O)COC(=O)/C(=C/c1ccccc1OC)c1ccccc1. The van der Waals surface area contributed by atoms with Crippen molar-refractivity contribution in [3.63, 3.8) is 0 Å². The first kappa shape index (κ1) is 20.2. The second-order valence-corrected chi connectivity index (χ2v) is 5.58. The van der Waals surface area contributed by atoms with Crippen LogP contribution in [0, 0.1) is 0 Å². The molecule has 1 N–H and O–H groups in total. The van der Waals surface area contributed by atoms with Gasteiger partial charge in [0.2, 0.25) is 0 Å². The molecule has 0 saturated carbocycles. The Morgan fingerprint density at radius 2 is 1.70 bits per heavy atom. The maximum absolute atomic E-state index is 12.6. The van der Waals surface area contributed by atoms with Crippen LogP contribution in [0.1, 0.15) is 11.1 Å². The van der Waals surface area contributed by atoms with Crippen LogP contribution in [-0.4, -0.2) is 45.9 Å². The van der Waals surface area contributed by atoms with Crippen molar-refractivity contribution in [3.05, 3.63) is 65.7 Å². The molecule has 0 saturated heterocycles. The number of nitrogens with one attached hydrogen (secondary N) is 1. The maximum atomic E-state index is 12.6. The first-order valence-corrected chi connectivity index (χ1v) is 8.48. The van der Waals surface area contributed by atoms with Crippen LogP contribution in [0.5, 0.6) is 5.75 Å². The van der Waals surface area contributed by atoms with Crippen LogP contribution in [0.15, 0.2) is 54.6 Å². The summed E-state index contributed by atoms with van der Waals surface area (Å²) in [5.41, 5.74) is 1.76. The molecule has 0 radical (unpaired) electrons. The predicted octanol–water partition coefficient (Wildman–Crippen LogP) is 2.54. The molecule has 6 heteroatoms. The monoisotopic (exact) mass is 369 g/mol. The molecule has 0 aromatic heterocycles. The van der Waals surface area contributed by atoms with Crippen LogP contribution in [0.4, 0.5) is 0 Å². The molecule has 0 unspecified atom stereocenters. The van der Waals surface area contributed by atoms with Crippen molar-refractivity contribution in [1.82, 2.24) is 5.32 Å². The summed E-state index contributed by atoms with van der Waals surface area (Å²) in [6, 6.07) is 16.5. The van der Waals surface area contributed by atoms with Gasteiger partial charge in [0.15, 0.2) is 6.61 Å². The van der Waals surface area contributed by atoms with Crippen LogP contribution in [-0.2, 0) is 19.1 Å². The van der Waals surface area contributed by atoms with E-state index in [2.05, 4.69) is 5.32 Å². The van der Waals surface area contributed by atoms with Gasteiger partial charge in [-0.3, -0.25) is 4.79 Å². The standard InChI is InChI=1S/C21H23NO5/c1-25-13-12-22-20(23)15-27-21(24)18(16-8-4-3-5-9-16)14-17-10-6-7-11-19(17)26-2/h3-11,14H,12-13,15H2,1-2H3,(H,22,23)/b18-14+. The highest BCUT2D eigenvalue weighted by molar-refractivity contribution is 6.22.